The van der Waals surface area contributed by atoms with Gasteiger partial charge in [-0.3, -0.25) is 0 Å². The zero-order chi connectivity index (χ0) is 12.4. The maximum absolute atomic E-state index is 5.54. The maximum atomic E-state index is 5.54. The molecule has 0 unspecified atom stereocenters. The molecule has 0 amide bonds. The highest BCUT2D eigenvalue weighted by molar-refractivity contribution is 5.63. The second-order valence-electron chi connectivity index (χ2n) is 4.17. The van der Waals surface area contributed by atoms with Crippen LogP contribution in [0.2, 0.25) is 0 Å². The van der Waals surface area contributed by atoms with E-state index in [1.807, 2.05) is 22.8 Å². The Kier molecular flexibility index (Phi) is 2.78. The van der Waals surface area contributed by atoms with E-state index in [4.69, 9.17) is 5.73 Å². The molecule has 0 saturated carbocycles. The van der Waals surface area contributed by atoms with E-state index in [9.17, 15) is 0 Å². The van der Waals surface area contributed by atoms with E-state index < -0.39 is 0 Å². The molecule has 2 N–H and O–H groups in total. The topological polar surface area (TPSA) is 56.2 Å². The van der Waals surface area contributed by atoms with E-state index in [0.717, 1.165) is 23.3 Å². The Morgan fingerprint density at radius 3 is 2.72 bits per heavy atom. The lowest BCUT2D eigenvalue weighted by molar-refractivity contribution is 0.941. The summed E-state index contributed by atoms with van der Waals surface area (Å²) in [5.74, 6) is 0. The summed E-state index contributed by atoms with van der Waals surface area (Å²) >= 11 is 0. The Morgan fingerprint density at radius 2 is 1.94 bits per heavy atom. The van der Waals surface area contributed by atoms with Crippen LogP contribution in [0.5, 0.6) is 0 Å². The van der Waals surface area contributed by atoms with Gasteiger partial charge >= 0.3 is 0 Å². The minimum atomic E-state index is 0.677. The van der Waals surface area contributed by atoms with Gasteiger partial charge in [0.05, 0.1) is 11.9 Å². The third-order valence-electron chi connectivity index (χ3n) is 2.96. The highest BCUT2D eigenvalue weighted by Gasteiger charge is 2.05. The normalized spacial score (nSPS) is 10.9. The van der Waals surface area contributed by atoms with Crippen molar-refractivity contribution >= 4 is 5.65 Å². The Bertz CT molecular complexity index is 655. The fraction of sp³-hybridized carbons (Fsp3) is 0.143. The summed E-state index contributed by atoms with van der Waals surface area (Å²) < 4.78 is 1.85. The van der Waals surface area contributed by atoms with Crippen molar-refractivity contribution in [2.75, 3.05) is 6.54 Å². The summed E-state index contributed by atoms with van der Waals surface area (Å²) in [5, 5.41) is 4.31. The van der Waals surface area contributed by atoms with Crippen LogP contribution in [-0.4, -0.2) is 21.1 Å². The van der Waals surface area contributed by atoms with Gasteiger partial charge in [-0.2, -0.15) is 5.10 Å². The molecule has 0 aliphatic heterocycles. The molecule has 0 atom stereocenters. The van der Waals surface area contributed by atoms with Crippen molar-refractivity contribution < 1.29 is 0 Å². The first kappa shape index (κ1) is 10.9. The number of imidazole rings is 1. The average molecular weight is 238 g/mol. The number of aromatic nitrogens is 3. The molecule has 1 aromatic carbocycles. The van der Waals surface area contributed by atoms with Gasteiger partial charge in [0.1, 0.15) is 0 Å². The van der Waals surface area contributed by atoms with Crippen LogP contribution in [0, 0.1) is 0 Å². The summed E-state index contributed by atoms with van der Waals surface area (Å²) in [6, 6.07) is 12.2. The summed E-state index contributed by atoms with van der Waals surface area (Å²) in [6.45, 7) is 0.677. The second-order valence-corrected chi connectivity index (χ2v) is 4.17. The third kappa shape index (κ3) is 1.87. The van der Waals surface area contributed by atoms with Gasteiger partial charge in [0, 0.05) is 11.8 Å². The highest BCUT2D eigenvalue weighted by atomic mass is 15.2. The van der Waals surface area contributed by atoms with Gasteiger partial charge in [0.25, 0.3) is 0 Å². The van der Waals surface area contributed by atoms with Crippen LogP contribution < -0.4 is 5.73 Å². The van der Waals surface area contributed by atoms with Crippen molar-refractivity contribution in [2.24, 2.45) is 5.73 Å². The van der Waals surface area contributed by atoms with Gasteiger partial charge < -0.3 is 5.73 Å². The number of hydrogen-bond donors (Lipinski definition) is 1. The number of benzene rings is 1. The molecule has 0 aliphatic rings. The van der Waals surface area contributed by atoms with Crippen LogP contribution in [0.4, 0.5) is 0 Å². The maximum Gasteiger partial charge on any atom is 0.154 e. The molecule has 0 spiro atoms. The minimum Gasteiger partial charge on any atom is -0.330 e. The van der Waals surface area contributed by atoms with Crippen molar-refractivity contribution in [2.45, 2.75) is 6.42 Å². The number of nitrogens with two attached hydrogens (primary N) is 1. The van der Waals surface area contributed by atoms with E-state index >= 15 is 0 Å². The molecule has 0 bridgehead atoms. The lowest BCUT2D eigenvalue weighted by Gasteiger charge is -2.02. The van der Waals surface area contributed by atoms with Crippen LogP contribution in [-0.2, 0) is 6.42 Å². The fourth-order valence-corrected chi connectivity index (χ4v) is 2.03. The number of nitrogens with zero attached hydrogens (tertiary/aromatic N) is 3. The Hall–Kier alpha value is -2.20. The van der Waals surface area contributed by atoms with Crippen molar-refractivity contribution in [1.82, 2.24) is 14.6 Å². The largest absolute Gasteiger partial charge is 0.330 e. The Balaban J connectivity index is 2.03. The molecule has 4 nitrogen and oxygen atoms in total. The monoisotopic (exact) mass is 238 g/mol. The average Bonchev–Trinajstić information content (AvgIpc) is 2.84. The minimum absolute atomic E-state index is 0.677. The van der Waals surface area contributed by atoms with Gasteiger partial charge in [0.15, 0.2) is 5.65 Å². The van der Waals surface area contributed by atoms with Crippen molar-refractivity contribution in [3.8, 4) is 11.3 Å². The molecule has 0 radical (unpaired) electrons. The second kappa shape index (κ2) is 4.58. The summed E-state index contributed by atoms with van der Waals surface area (Å²) in [7, 11) is 0. The molecule has 18 heavy (non-hydrogen) atoms. The lowest BCUT2D eigenvalue weighted by atomic mass is 10.1. The SMILES string of the molecule is NCCc1ccc(-c2cnc3cccnn23)cc1. The van der Waals surface area contributed by atoms with E-state index in [-0.39, 0.29) is 0 Å². The van der Waals surface area contributed by atoms with Gasteiger partial charge in [-0.25, -0.2) is 9.50 Å². The number of fused-ring (bicyclic) bond motifs is 1. The molecule has 3 rings (SSSR count). The molecule has 4 heteroatoms. The highest BCUT2D eigenvalue weighted by Crippen LogP contribution is 2.20. The molecule has 0 aliphatic carbocycles. The molecule has 90 valence electrons. The van der Waals surface area contributed by atoms with Crippen molar-refractivity contribution in [1.29, 1.82) is 0 Å². The Morgan fingerprint density at radius 1 is 1.11 bits per heavy atom. The predicted octanol–water partition coefficient (Wildman–Crippen LogP) is 1.90. The smallest absolute Gasteiger partial charge is 0.154 e. The summed E-state index contributed by atoms with van der Waals surface area (Å²) in [6.07, 6.45) is 4.52. The molecular weight excluding hydrogens is 224 g/mol. The zero-order valence-corrected chi connectivity index (χ0v) is 9.95. The van der Waals surface area contributed by atoms with E-state index in [2.05, 4.69) is 34.3 Å². The molecular formula is C14H14N4. The van der Waals surface area contributed by atoms with Gasteiger partial charge in [-0.05, 0) is 30.7 Å². The first-order valence-electron chi connectivity index (χ1n) is 5.96. The summed E-state index contributed by atoms with van der Waals surface area (Å²) in [4.78, 5) is 4.33. The predicted molar refractivity (Wildman–Crippen MR) is 71.2 cm³/mol. The van der Waals surface area contributed by atoms with Crippen LogP contribution in [0.25, 0.3) is 16.9 Å². The molecule has 3 aromatic rings. The fourth-order valence-electron chi connectivity index (χ4n) is 2.03. The van der Waals surface area contributed by atoms with E-state index in [1.54, 1.807) is 6.20 Å². The molecule has 2 aromatic heterocycles. The van der Waals surface area contributed by atoms with E-state index in [0.29, 0.717) is 6.54 Å². The van der Waals surface area contributed by atoms with Crippen LogP contribution in [0.1, 0.15) is 5.56 Å². The quantitative estimate of drug-likeness (QED) is 0.758. The van der Waals surface area contributed by atoms with Gasteiger partial charge in [0.2, 0.25) is 0 Å². The zero-order valence-electron chi connectivity index (χ0n) is 9.95. The van der Waals surface area contributed by atoms with E-state index in [1.165, 1.54) is 5.56 Å². The van der Waals surface area contributed by atoms with Crippen molar-refractivity contribution in [3.05, 3.63) is 54.4 Å². The number of rotatable bonds is 3. The number of hydrogen-bond acceptors (Lipinski definition) is 3. The molecule has 0 fully saturated rings. The first-order chi connectivity index (χ1) is 8.88. The molecule has 2 heterocycles. The van der Waals surface area contributed by atoms with Crippen LogP contribution >= 0.6 is 0 Å². The van der Waals surface area contributed by atoms with Gasteiger partial charge in [-0.15, -0.1) is 0 Å². The molecule has 0 saturated heterocycles. The standard InChI is InChI=1S/C14H14N4/c15-8-7-11-3-5-12(6-4-11)13-10-16-14-2-1-9-17-18(13)14/h1-6,9-10H,7-8,15H2. The van der Waals surface area contributed by atoms with Crippen LogP contribution in [0.15, 0.2) is 48.8 Å². The third-order valence-corrected chi connectivity index (χ3v) is 2.96. The van der Waals surface area contributed by atoms with Crippen LogP contribution in [0.3, 0.4) is 0 Å². The first-order valence-corrected chi connectivity index (χ1v) is 5.96. The van der Waals surface area contributed by atoms with Crippen molar-refractivity contribution in [3.63, 3.8) is 0 Å². The summed E-state index contributed by atoms with van der Waals surface area (Å²) in [5.41, 5.74) is 9.77. The van der Waals surface area contributed by atoms with Gasteiger partial charge in [-0.1, -0.05) is 24.3 Å². The Labute approximate surface area is 105 Å². The lowest BCUT2D eigenvalue weighted by Crippen LogP contribution is -2.02.